The van der Waals surface area contributed by atoms with E-state index < -0.39 is 5.97 Å². The molecule has 1 aliphatic heterocycles. The Labute approximate surface area is 143 Å². The standard InChI is InChI=1S/C21H23NO2/c1-15-18(12-16-6-4-3-5-7-16)13-19(14-20(15)21(23)24)17-8-10-22(2)11-9-17/h3-8,13-14H,9-12H2,1-2H3,(H,23,24). The number of carbonyl (C=O) groups is 1. The second-order valence-electron chi connectivity index (χ2n) is 6.52. The van der Waals surface area contributed by atoms with E-state index in [0.29, 0.717) is 5.56 Å². The molecular formula is C21H23NO2. The highest BCUT2D eigenvalue weighted by atomic mass is 16.4. The van der Waals surface area contributed by atoms with Crippen molar-refractivity contribution in [2.24, 2.45) is 0 Å². The van der Waals surface area contributed by atoms with Gasteiger partial charge < -0.3 is 10.0 Å². The van der Waals surface area contributed by atoms with Crippen LogP contribution in [0.2, 0.25) is 0 Å². The van der Waals surface area contributed by atoms with Crippen LogP contribution in [0.3, 0.4) is 0 Å². The Morgan fingerprint density at radius 1 is 1.21 bits per heavy atom. The lowest BCUT2D eigenvalue weighted by atomic mass is 9.90. The first-order chi connectivity index (χ1) is 11.5. The zero-order valence-corrected chi connectivity index (χ0v) is 14.2. The third-order valence-electron chi connectivity index (χ3n) is 4.77. The molecule has 0 amide bonds. The second-order valence-corrected chi connectivity index (χ2v) is 6.52. The maximum atomic E-state index is 11.7. The Hall–Kier alpha value is -2.39. The number of carboxylic acids is 1. The van der Waals surface area contributed by atoms with Crippen molar-refractivity contribution in [3.63, 3.8) is 0 Å². The Bertz CT molecular complexity index is 778. The van der Waals surface area contributed by atoms with Crippen molar-refractivity contribution in [2.45, 2.75) is 19.8 Å². The first-order valence-electron chi connectivity index (χ1n) is 8.33. The number of carboxylic acid groups (broad SMARTS) is 1. The molecule has 3 heteroatoms. The first-order valence-corrected chi connectivity index (χ1v) is 8.33. The van der Waals surface area contributed by atoms with Gasteiger partial charge in [0.05, 0.1) is 5.56 Å². The van der Waals surface area contributed by atoms with Crippen LogP contribution in [0.1, 0.15) is 39.0 Å². The van der Waals surface area contributed by atoms with Crippen LogP contribution in [-0.2, 0) is 6.42 Å². The van der Waals surface area contributed by atoms with Gasteiger partial charge in [0, 0.05) is 13.1 Å². The minimum absolute atomic E-state index is 0.415. The van der Waals surface area contributed by atoms with E-state index in [1.54, 1.807) is 0 Å². The lowest BCUT2D eigenvalue weighted by molar-refractivity contribution is 0.0696. The average molecular weight is 321 g/mol. The molecule has 2 aromatic rings. The molecule has 3 nitrogen and oxygen atoms in total. The van der Waals surface area contributed by atoms with Gasteiger partial charge in [0.15, 0.2) is 0 Å². The fraction of sp³-hybridized carbons (Fsp3) is 0.286. The van der Waals surface area contributed by atoms with Crippen LogP contribution in [0.5, 0.6) is 0 Å². The van der Waals surface area contributed by atoms with E-state index in [1.807, 2.05) is 31.2 Å². The minimum atomic E-state index is -0.850. The molecular weight excluding hydrogens is 298 g/mol. The molecule has 0 aliphatic carbocycles. The summed E-state index contributed by atoms with van der Waals surface area (Å²) in [6.45, 7) is 3.84. The third-order valence-corrected chi connectivity index (χ3v) is 4.77. The Kier molecular flexibility index (Phi) is 4.81. The van der Waals surface area contributed by atoms with Crippen molar-refractivity contribution in [3.05, 3.63) is 76.4 Å². The van der Waals surface area contributed by atoms with Crippen molar-refractivity contribution < 1.29 is 9.90 Å². The summed E-state index contributed by atoms with van der Waals surface area (Å²) in [7, 11) is 2.10. The molecule has 0 aromatic heterocycles. The number of benzene rings is 2. The molecule has 1 aliphatic rings. The smallest absolute Gasteiger partial charge is 0.335 e. The number of likely N-dealkylation sites (N-methyl/N-ethyl adjacent to an activating group) is 1. The summed E-state index contributed by atoms with van der Waals surface area (Å²) >= 11 is 0. The summed E-state index contributed by atoms with van der Waals surface area (Å²) in [5.74, 6) is -0.850. The van der Waals surface area contributed by atoms with Crippen LogP contribution in [0.4, 0.5) is 0 Å². The van der Waals surface area contributed by atoms with Crippen LogP contribution in [0.15, 0.2) is 48.5 Å². The normalized spacial score (nSPS) is 15.2. The highest BCUT2D eigenvalue weighted by Gasteiger charge is 2.17. The molecule has 0 saturated carbocycles. The van der Waals surface area contributed by atoms with Gasteiger partial charge in [0.1, 0.15) is 0 Å². The molecule has 3 rings (SSSR count). The molecule has 0 atom stereocenters. The van der Waals surface area contributed by atoms with E-state index in [-0.39, 0.29) is 0 Å². The molecule has 24 heavy (non-hydrogen) atoms. The fourth-order valence-electron chi connectivity index (χ4n) is 3.21. The molecule has 2 aromatic carbocycles. The fourth-order valence-corrected chi connectivity index (χ4v) is 3.21. The van der Waals surface area contributed by atoms with Crippen LogP contribution < -0.4 is 0 Å². The monoisotopic (exact) mass is 321 g/mol. The quantitative estimate of drug-likeness (QED) is 0.925. The van der Waals surface area contributed by atoms with Gasteiger partial charge in [0.25, 0.3) is 0 Å². The number of aromatic carboxylic acids is 1. The SMILES string of the molecule is Cc1c(Cc2ccccc2)cc(C2=CCN(C)CC2)cc1C(=O)O. The second kappa shape index (κ2) is 7.02. The first kappa shape index (κ1) is 16.5. The van der Waals surface area contributed by atoms with Gasteiger partial charge >= 0.3 is 5.97 Å². The molecule has 0 radical (unpaired) electrons. The van der Waals surface area contributed by atoms with Gasteiger partial charge in [-0.15, -0.1) is 0 Å². The number of hydrogen-bond acceptors (Lipinski definition) is 2. The lowest BCUT2D eigenvalue weighted by Gasteiger charge is -2.23. The Balaban J connectivity index is 2.03. The summed E-state index contributed by atoms with van der Waals surface area (Å²) < 4.78 is 0. The van der Waals surface area contributed by atoms with Crippen molar-refractivity contribution in [1.29, 1.82) is 0 Å². The highest BCUT2D eigenvalue weighted by Crippen LogP contribution is 2.28. The predicted octanol–water partition coefficient (Wildman–Crippen LogP) is 4.00. The van der Waals surface area contributed by atoms with Gasteiger partial charge in [0.2, 0.25) is 0 Å². The predicted molar refractivity (Wildman–Crippen MR) is 97.5 cm³/mol. The average Bonchev–Trinajstić information content (AvgIpc) is 2.58. The van der Waals surface area contributed by atoms with Crippen molar-refractivity contribution >= 4 is 11.5 Å². The minimum Gasteiger partial charge on any atom is -0.478 e. The summed E-state index contributed by atoms with van der Waals surface area (Å²) in [6.07, 6.45) is 3.93. The molecule has 0 saturated heterocycles. The van der Waals surface area contributed by atoms with Crippen molar-refractivity contribution in [2.75, 3.05) is 20.1 Å². The van der Waals surface area contributed by atoms with Gasteiger partial charge in [-0.1, -0.05) is 42.5 Å². The van der Waals surface area contributed by atoms with E-state index in [4.69, 9.17) is 0 Å². The van der Waals surface area contributed by atoms with E-state index in [1.165, 1.54) is 11.1 Å². The van der Waals surface area contributed by atoms with Crippen LogP contribution >= 0.6 is 0 Å². The highest BCUT2D eigenvalue weighted by molar-refractivity contribution is 5.91. The molecule has 0 unspecified atom stereocenters. The van der Waals surface area contributed by atoms with Gasteiger partial charge in [-0.3, -0.25) is 0 Å². The molecule has 1 heterocycles. The number of hydrogen-bond donors (Lipinski definition) is 1. The van der Waals surface area contributed by atoms with Crippen LogP contribution in [0.25, 0.3) is 5.57 Å². The van der Waals surface area contributed by atoms with Crippen LogP contribution in [0, 0.1) is 6.92 Å². The van der Waals surface area contributed by atoms with E-state index in [9.17, 15) is 9.90 Å². The molecule has 1 N–H and O–H groups in total. The van der Waals surface area contributed by atoms with Crippen LogP contribution in [-0.4, -0.2) is 36.1 Å². The molecule has 0 bridgehead atoms. The lowest BCUT2D eigenvalue weighted by Crippen LogP contribution is -2.23. The largest absolute Gasteiger partial charge is 0.478 e. The zero-order chi connectivity index (χ0) is 17.1. The summed E-state index contributed by atoms with van der Waals surface area (Å²) in [4.78, 5) is 14.0. The van der Waals surface area contributed by atoms with E-state index >= 15 is 0 Å². The summed E-state index contributed by atoms with van der Waals surface area (Å²) in [5.41, 5.74) is 5.88. The Morgan fingerprint density at radius 2 is 1.96 bits per heavy atom. The number of nitrogens with zero attached hydrogens (tertiary/aromatic N) is 1. The van der Waals surface area contributed by atoms with Crippen molar-refractivity contribution in [1.82, 2.24) is 4.90 Å². The van der Waals surface area contributed by atoms with E-state index in [0.717, 1.165) is 42.6 Å². The third kappa shape index (κ3) is 3.57. The van der Waals surface area contributed by atoms with Crippen molar-refractivity contribution in [3.8, 4) is 0 Å². The maximum Gasteiger partial charge on any atom is 0.335 e. The van der Waals surface area contributed by atoms with Gasteiger partial charge in [-0.05, 0) is 60.7 Å². The zero-order valence-electron chi connectivity index (χ0n) is 14.2. The van der Waals surface area contributed by atoms with E-state index in [2.05, 4.69) is 36.2 Å². The summed E-state index contributed by atoms with van der Waals surface area (Å²) in [6, 6.07) is 14.2. The van der Waals surface area contributed by atoms with Gasteiger partial charge in [-0.2, -0.15) is 0 Å². The maximum absolute atomic E-state index is 11.7. The molecule has 0 fully saturated rings. The molecule has 124 valence electrons. The Morgan fingerprint density at radius 3 is 2.58 bits per heavy atom. The topological polar surface area (TPSA) is 40.5 Å². The number of rotatable bonds is 4. The molecule has 0 spiro atoms. The summed E-state index contributed by atoms with van der Waals surface area (Å²) in [5, 5.41) is 9.59. The van der Waals surface area contributed by atoms with Gasteiger partial charge in [-0.25, -0.2) is 4.79 Å².